The molecule has 0 heterocycles. The van der Waals surface area contributed by atoms with E-state index in [1.165, 1.54) is 6.92 Å². The molecule has 0 aromatic heterocycles. The normalized spacial score (nSPS) is 11.8. The fourth-order valence-corrected chi connectivity index (χ4v) is 3.19. The molecule has 0 aliphatic heterocycles. The van der Waals surface area contributed by atoms with E-state index in [-0.39, 0.29) is 13.1 Å². The highest BCUT2D eigenvalue weighted by molar-refractivity contribution is 7.89. The number of aliphatic hydroxyl groups excluding tert-OH is 1. The van der Waals surface area contributed by atoms with E-state index in [0.29, 0.717) is 0 Å². The van der Waals surface area contributed by atoms with Gasteiger partial charge in [-0.3, -0.25) is 10.1 Å². The van der Waals surface area contributed by atoms with Crippen LogP contribution in [-0.4, -0.2) is 42.4 Å². The van der Waals surface area contributed by atoms with Crippen molar-refractivity contribution in [2.45, 2.75) is 11.8 Å². The highest BCUT2D eigenvalue weighted by Crippen LogP contribution is 2.28. The summed E-state index contributed by atoms with van der Waals surface area (Å²) < 4.78 is 38.6. The van der Waals surface area contributed by atoms with Crippen LogP contribution in [0, 0.1) is 15.9 Å². The van der Waals surface area contributed by atoms with Crippen molar-refractivity contribution in [2.75, 3.05) is 19.7 Å². The third-order valence-corrected chi connectivity index (χ3v) is 4.46. The molecule has 0 atom stereocenters. The predicted molar refractivity (Wildman–Crippen MR) is 64.6 cm³/mol. The van der Waals surface area contributed by atoms with Gasteiger partial charge in [0.15, 0.2) is 4.90 Å². The maximum atomic E-state index is 13.4. The van der Waals surface area contributed by atoms with E-state index in [0.717, 1.165) is 22.5 Å². The molecule has 0 spiro atoms. The van der Waals surface area contributed by atoms with E-state index in [4.69, 9.17) is 5.11 Å². The van der Waals surface area contributed by atoms with E-state index >= 15 is 0 Å². The predicted octanol–water partition coefficient (Wildman–Crippen LogP) is 0.737. The molecule has 19 heavy (non-hydrogen) atoms. The minimum atomic E-state index is -4.22. The molecule has 0 aliphatic carbocycles. The standard InChI is InChI=1S/C10H13FN2O5S/c1-2-12(6-7-14)19(17,18)9-5-3-4-8(11)10(9)13(15)16/h3-5,14H,2,6-7H2,1H3. The number of likely N-dealkylation sites (N-methyl/N-ethyl adjacent to an activating group) is 1. The van der Waals surface area contributed by atoms with E-state index in [1.807, 2.05) is 0 Å². The van der Waals surface area contributed by atoms with Crippen LogP contribution in [0.25, 0.3) is 0 Å². The third kappa shape index (κ3) is 3.06. The zero-order chi connectivity index (χ0) is 14.6. The fraction of sp³-hybridized carbons (Fsp3) is 0.400. The summed E-state index contributed by atoms with van der Waals surface area (Å²) >= 11 is 0. The van der Waals surface area contributed by atoms with Crippen molar-refractivity contribution < 1.29 is 22.8 Å². The van der Waals surface area contributed by atoms with Crippen molar-refractivity contribution in [3.05, 3.63) is 34.1 Å². The summed E-state index contributed by atoms with van der Waals surface area (Å²) in [6.07, 6.45) is 0. The molecule has 1 N–H and O–H groups in total. The monoisotopic (exact) mass is 292 g/mol. The Labute approximate surface area is 109 Å². The molecular weight excluding hydrogens is 279 g/mol. The van der Waals surface area contributed by atoms with Gasteiger partial charge in [-0.1, -0.05) is 13.0 Å². The highest BCUT2D eigenvalue weighted by Gasteiger charge is 2.33. The number of nitrogens with zero attached hydrogens (tertiary/aromatic N) is 2. The van der Waals surface area contributed by atoms with Crippen molar-refractivity contribution in [1.82, 2.24) is 4.31 Å². The van der Waals surface area contributed by atoms with Crippen LogP contribution < -0.4 is 0 Å². The largest absolute Gasteiger partial charge is 0.395 e. The lowest BCUT2D eigenvalue weighted by molar-refractivity contribution is -0.390. The second-order valence-electron chi connectivity index (χ2n) is 3.56. The molecule has 9 heteroatoms. The molecular formula is C10H13FN2O5S. The smallest absolute Gasteiger partial charge is 0.324 e. The lowest BCUT2D eigenvalue weighted by atomic mass is 10.3. The van der Waals surface area contributed by atoms with Gasteiger partial charge in [-0.2, -0.15) is 8.70 Å². The number of hydrogen-bond acceptors (Lipinski definition) is 5. The Bertz CT molecular complexity index is 575. The number of nitro groups is 1. The van der Waals surface area contributed by atoms with Gasteiger partial charge in [0.05, 0.1) is 11.5 Å². The zero-order valence-corrected chi connectivity index (χ0v) is 10.9. The minimum Gasteiger partial charge on any atom is -0.395 e. The van der Waals surface area contributed by atoms with Crippen LogP contribution in [0.2, 0.25) is 0 Å². The molecule has 0 aliphatic rings. The van der Waals surface area contributed by atoms with Crippen LogP contribution >= 0.6 is 0 Å². The number of nitro benzene ring substituents is 1. The molecule has 1 rings (SSSR count). The van der Waals surface area contributed by atoms with Crippen LogP contribution in [0.15, 0.2) is 23.1 Å². The van der Waals surface area contributed by atoms with Crippen molar-refractivity contribution in [1.29, 1.82) is 0 Å². The Hall–Kier alpha value is -1.58. The molecule has 106 valence electrons. The summed E-state index contributed by atoms with van der Waals surface area (Å²) in [7, 11) is -4.22. The van der Waals surface area contributed by atoms with Gasteiger partial charge in [0.1, 0.15) is 0 Å². The molecule has 1 aromatic rings. The molecule has 7 nitrogen and oxygen atoms in total. The van der Waals surface area contributed by atoms with Crippen molar-refractivity contribution in [3.8, 4) is 0 Å². The zero-order valence-electron chi connectivity index (χ0n) is 10.1. The molecule has 0 radical (unpaired) electrons. The van der Waals surface area contributed by atoms with Crippen LogP contribution in [0.5, 0.6) is 0 Å². The summed E-state index contributed by atoms with van der Waals surface area (Å²) in [6.45, 7) is 0.873. The summed E-state index contributed by atoms with van der Waals surface area (Å²) in [4.78, 5) is 9.00. The first-order chi connectivity index (χ1) is 8.86. The average molecular weight is 292 g/mol. The molecule has 0 bridgehead atoms. The summed E-state index contributed by atoms with van der Waals surface area (Å²) in [6, 6.07) is 2.87. The Morgan fingerprint density at radius 3 is 2.58 bits per heavy atom. The number of halogens is 1. The van der Waals surface area contributed by atoms with Gasteiger partial charge >= 0.3 is 5.69 Å². The van der Waals surface area contributed by atoms with Crippen molar-refractivity contribution in [3.63, 3.8) is 0 Å². The summed E-state index contributed by atoms with van der Waals surface area (Å²) in [5.41, 5.74) is -1.08. The Kier molecular flexibility index (Phi) is 4.92. The maximum Gasteiger partial charge on any atom is 0.324 e. The van der Waals surface area contributed by atoms with Gasteiger partial charge in [0.2, 0.25) is 15.8 Å². The van der Waals surface area contributed by atoms with Crippen LogP contribution in [0.3, 0.4) is 0 Å². The van der Waals surface area contributed by atoms with Gasteiger partial charge in [-0.05, 0) is 12.1 Å². The summed E-state index contributed by atoms with van der Waals surface area (Å²) in [5.74, 6) is -1.22. The molecule has 0 amide bonds. The topological polar surface area (TPSA) is 101 Å². The molecule has 1 aromatic carbocycles. The first-order valence-electron chi connectivity index (χ1n) is 5.40. The third-order valence-electron chi connectivity index (χ3n) is 2.45. The summed E-state index contributed by atoms with van der Waals surface area (Å²) in [5, 5.41) is 19.6. The second-order valence-corrected chi connectivity index (χ2v) is 5.47. The second kappa shape index (κ2) is 6.04. The molecule has 0 saturated heterocycles. The highest BCUT2D eigenvalue weighted by atomic mass is 32.2. The first-order valence-corrected chi connectivity index (χ1v) is 6.84. The fourth-order valence-electron chi connectivity index (χ4n) is 1.58. The quantitative estimate of drug-likeness (QED) is 0.615. The Morgan fingerprint density at radius 1 is 1.47 bits per heavy atom. The van der Waals surface area contributed by atoms with Gasteiger partial charge in [-0.15, -0.1) is 0 Å². The van der Waals surface area contributed by atoms with Crippen LogP contribution in [0.1, 0.15) is 6.92 Å². The number of rotatable bonds is 6. The number of para-hydroxylation sites is 1. The van der Waals surface area contributed by atoms with Crippen LogP contribution in [0.4, 0.5) is 10.1 Å². The lowest BCUT2D eigenvalue weighted by Gasteiger charge is -2.19. The number of sulfonamides is 1. The Balaban J connectivity index is 3.44. The average Bonchev–Trinajstić information content (AvgIpc) is 2.34. The molecule has 0 saturated carbocycles. The Morgan fingerprint density at radius 2 is 2.11 bits per heavy atom. The minimum absolute atomic E-state index is 0.0105. The van der Waals surface area contributed by atoms with E-state index in [1.54, 1.807) is 0 Å². The van der Waals surface area contributed by atoms with E-state index < -0.39 is 38.0 Å². The number of benzene rings is 1. The van der Waals surface area contributed by atoms with Crippen molar-refractivity contribution >= 4 is 15.7 Å². The van der Waals surface area contributed by atoms with E-state index in [2.05, 4.69) is 0 Å². The van der Waals surface area contributed by atoms with E-state index in [9.17, 15) is 22.9 Å². The van der Waals surface area contributed by atoms with Gasteiger partial charge in [0.25, 0.3) is 0 Å². The van der Waals surface area contributed by atoms with Crippen LogP contribution in [-0.2, 0) is 10.0 Å². The lowest BCUT2D eigenvalue weighted by Crippen LogP contribution is -2.33. The number of hydrogen-bond donors (Lipinski definition) is 1. The van der Waals surface area contributed by atoms with Gasteiger partial charge < -0.3 is 5.11 Å². The SMILES string of the molecule is CCN(CCO)S(=O)(=O)c1cccc(F)c1[N+](=O)[O-]. The van der Waals surface area contributed by atoms with Gasteiger partial charge in [-0.25, -0.2) is 8.42 Å². The van der Waals surface area contributed by atoms with Crippen molar-refractivity contribution in [2.24, 2.45) is 0 Å². The number of aliphatic hydroxyl groups is 1. The maximum absolute atomic E-state index is 13.4. The molecule has 0 unspecified atom stereocenters. The first kappa shape index (κ1) is 15.5. The van der Waals surface area contributed by atoms with Gasteiger partial charge in [0, 0.05) is 13.1 Å². The molecule has 0 fully saturated rings.